The Morgan fingerprint density at radius 1 is 1.16 bits per heavy atom. The Balaban J connectivity index is 1.67. The van der Waals surface area contributed by atoms with Gasteiger partial charge in [0.25, 0.3) is 5.56 Å². The Morgan fingerprint density at radius 2 is 1.94 bits per heavy atom. The number of rotatable bonds is 8. The monoisotopic (exact) mass is 442 g/mol. The quantitative estimate of drug-likeness (QED) is 0.534. The Hall–Kier alpha value is -3.07. The van der Waals surface area contributed by atoms with Crippen LogP contribution < -0.4 is 10.9 Å². The molecule has 0 radical (unpaired) electrons. The summed E-state index contributed by atoms with van der Waals surface area (Å²) in [4.78, 5) is 41.6. The van der Waals surface area contributed by atoms with E-state index in [1.807, 2.05) is 13.8 Å². The molecular formula is C22H26N4O4S. The van der Waals surface area contributed by atoms with Gasteiger partial charge in [-0.15, -0.1) is 0 Å². The summed E-state index contributed by atoms with van der Waals surface area (Å²) in [7, 11) is 0. The van der Waals surface area contributed by atoms with Gasteiger partial charge in [0.1, 0.15) is 11.6 Å². The lowest BCUT2D eigenvalue weighted by Gasteiger charge is -2.09. The summed E-state index contributed by atoms with van der Waals surface area (Å²) in [6.45, 7) is 7.95. The van der Waals surface area contributed by atoms with Crippen molar-refractivity contribution in [2.75, 3.05) is 5.32 Å². The summed E-state index contributed by atoms with van der Waals surface area (Å²) in [6, 6.07) is 7.87. The van der Waals surface area contributed by atoms with Crippen LogP contribution in [0.4, 0.5) is 5.69 Å². The Bertz CT molecular complexity index is 1150. The van der Waals surface area contributed by atoms with Gasteiger partial charge < -0.3 is 10.1 Å². The van der Waals surface area contributed by atoms with Gasteiger partial charge in [-0.05, 0) is 30.0 Å². The summed E-state index contributed by atoms with van der Waals surface area (Å²) < 4.78 is 6.61. The number of ether oxygens (including phenoxy) is 1. The molecule has 0 unspecified atom stereocenters. The second-order valence-electron chi connectivity index (χ2n) is 8.18. The number of aromatic nitrogens is 3. The number of nitrogens with zero attached hydrogens (tertiary/aromatic N) is 3. The van der Waals surface area contributed by atoms with E-state index >= 15 is 0 Å². The van der Waals surface area contributed by atoms with E-state index in [1.165, 1.54) is 21.9 Å². The second kappa shape index (κ2) is 9.82. The van der Waals surface area contributed by atoms with E-state index in [0.717, 1.165) is 11.4 Å². The molecule has 0 saturated carbocycles. The van der Waals surface area contributed by atoms with Crippen LogP contribution in [0.2, 0.25) is 0 Å². The summed E-state index contributed by atoms with van der Waals surface area (Å²) in [5.41, 5.74) is 0.883. The maximum absolute atomic E-state index is 12.5. The Morgan fingerprint density at radius 3 is 2.65 bits per heavy atom. The zero-order valence-corrected chi connectivity index (χ0v) is 18.9. The molecule has 0 aliphatic heterocycles. The molecule has 0 atom stereocenters. The maximum Gasteiger partial charge on any atom is 0.338 e. The number of fused-ring (bicyclic) bond motifs is 1. The minimum atomic E-state index is -0.563. The molecule has 3 aromatic rings. The summed E-state index contributed by atoms with van der Waals surface area (Å²) in [6.07, 6.45) is 1.16. The molecule has 1 aromatic carbocycles. The zero-order valence-electron chi connectivity index (χ0n) is 18.0. The van der Waals surface area contributed by atoms with E-state index in [-0.39, 0.29) is 24.0 Å². The molecule has 0 fully saturated rings. The average molecular weight is 443 g/mol. The predicted octanol–water partition coefficient (Wildman–Crippen LogP) is 3.69. The van der Waals surface area contributed by atoms with Crippen LogP contribution in [0.15, 0.2) is 35.1 Å². The van der Waals surface area contributed by atoms with Crippen LogP contribution >= 0.6 is 11.3 Å². The number of nitrogens with one attached hydrogen (secondary N) is 1. The highest BCUT2D eigenvalue weighted by Crippen LogP contribution is 2.16. The first-order valence-corrected chi connectivity index (χ1v) is 11.0. The van der Waals surface area contributed by atoms with Gasteiger partial charge in [0.05, 0.1) is 11.3 Å². The fourth-order valence-corrected chi connectivity index (χ4v) is 4.06. The van der Waals surface area contributed by atoms with Gasteiger partial charge >= 0.3 is 5.97 Å². The van der Waals surface area contributed by atoms with Gasteiger partial charge in [0.2, 0.25) is 10.9 Å². The minimum absolute atomic E-state index is 0.111. The molecular weight excluding hydrogens is 416 g/mol. The fourth-order valence-electron chi connectivity index (χ4n) is 2.93. The maximum atomic E-state index is 12.5. The summed E-state index contributed by atoms with van der Waals surface area (Å²) in [5, 5.41) is 7.92. The largest absolute Gasteiger partial charge is 0.456 e. The number of amides is 1. The lowest BCUT2D eigenvalue weighted by atomic mass is 10.1. The van der Waals surface area contributed by atoms with Crippen molar-refractivity contribution < 1.29 is 14.3 Å². The molecule has 2 heterocycles. The van der Waals surface area contributed by atoms with Crippen LogP contribution in [0.1, 0.15) is 55.2 Å². The Kier molecular flexibility index (Phi) is 7.17. The molecule has 9 heteroatoms. The van der Waals surface area contributed by atoms with Crippen molar-refractivity contribution >= 4 is 33.9 Å². The van der Waals surface area contributed by atoms with Gasteiger partial charge in [-0.25, -0.2) is 9.78 Å². The molecule has 0 aliphatic carbocycles. The van der Waals surface area contributed by atoms with Crippen molar-refractivity contribution in [2.24, 2.45) is 11.8 Å². The first-order chi connectivity index (χ1) is 14.7. The number of hydrogen-bond acceptors (Lipinski definition) is 7. The van der Waals surface area contributed by atoms with Crippen molar-refractivity contribution in [3.8, 4) is 0 Å². The van der Waals surface area contributed by atoms with E-state index in [9.17, 15) is 14.4 Å². The van der Waals surface area contributed by atoms with Gasteiger partial charge in [0.15, 0.2) is 0 Å². The molecule has 1 amide bonds. The number of carbonyl (C=O) groups excluding carboxylic acids is 2. The van der Waals surface area contributed by atoms with E-state index in [1.54, 1.807) is 24.3 Å². The third-order valence-electron chi connectivity index (χ3n) is 4.25. The van der Waals surface area contributed by atoms with Crippen molar-refractivity contribution in [3.05, 3.63) is 57.0 Å². The van der Waals surface area contributed by atoms with E-state index < -0.39 is 5.97 Å². The van der Waals surface area contributed by atoms with Crippen molar-refractivity contribution in [2.45, 2.75) is 47.1 Å². The Labute approximate surface area is 184 Å². The lowest BCUT2D eigenvalue weighted by Crippen LogP contribution is -2.17. The van der Waals surface area contributed by atoms with E-state index in [4.69, 9.17) is 4.74 Å². The third kappa shape index (κ3) is 6.21. The van der Waals surface area contributed by atoms with Gasteiger partial charge in [-0.2, -0.15) is 9.61 Å². The first kappa shape index (κ1) is 22.6. The fraction of sp³-hybridized carbons (Fsp3) is 0.409. The molecule has 1 N–H and O–H groups in total. The van der Waals surface area contributed by atoms with Crippen LogP contribution in [-0.2, 0) is 22.6 Å². The molecule has 31 heavy (non-hydrogen) atoms. The molecule has 8 nitrogen and oxygen atoms in total. The molecule has 0 bridgehead atoms. The SMILES string of the molecule is CC(C)CC(=O)Nc1cccc(C(=O)OCc2cc(=O)n3nc(CC(C)C)sc3n2)c1. The zero-order chi connectivity index (χ0) is 22.5. The van der Waals surface area contributed by atoms with Crippen LogP contribution in [0.5, 0.6) is 0 Å². The van der Waals surface area contributed by atoms with E-state index in [2.05, 4.69) is 29.2 Å². The smallest absolute Gasteiger partial charge is 0.338 e. The standard InChI is InChI=1S/C22H26N4O4S/c1-13(2)8-18(27)23-16-7-5-6-15(10-16)21(29)30-12-17-11-20(28)26-22(24-17)31-19(25-26)9-14(3)4/h5-7,10-11,13-14H,8-9,12H2,1-4H3,(H,23,27). The number of hydrogen-bond donors (Lipinski definition) is 1. The number of anilines is 1. The van der Waals surface area contributed by atoms with Gasteiger partial charge in [-0.3, -0.25) is 9.59 Å². The third-order valence-corrected chi connectivity index (χ3v) is 5.18. The molecule has 0 aliphatic rings. The lowest BCUT2D eigenvalue weighted by molar-refractivity contribution is -0.116. The molecule has 164 valence electrons. The molecule has 0 spiro atoms. The minimum Gasteiger partial charge on any atom is -0.456 e. The number of carbonyl (C=O) groups is 2. The van der Waals surface area contributed by atoms with Crippen LogP contribution in [0.3, 0.4) is 0 Å². The topological polar surface area (TPSA) is 103 Å². The number of benzene rings is 1. The second-order valence-corrected chi connectivity index (χ2v) is 9.22. The molecule has 2 aromatic heterocycles. The highest BCUT2D eigenvalue weighted by molar-refractivity contribution is 7.16. The van der Waals surface area contributed by atoms with Crippen LogP contribution in [0, 0.1) is 11.8 Å². The molecule has 0 saturated heterocycles. The van der Waals surface area contributed by atoms with Crippen LogP contribution in [-0.4, -0.2) is 26.5 Å². The first-order valence-electron chi connectivity index (χ1n) is 10.2. The van der Waals surface area contributed by atoms with Crippen molar-refractivity contribution in [1.82, 2.24) is 14.6 Å². The van der Waals surface area contributed by atoms with Gasteiger partial charge in [-0.1, -0.05) is 45.1 Å². The summed E-state index contributed by atoms with van der Waals surface area (Å²) in [5.74, 6) is -0.0173. The highest BCUT2D eigenvalue weighted by Gasteiger charge is 2.13. The predicted molar refractivity (Wildman–Crippen MR) is 119 cm³/mol. The van der Waals surface area contributed by atoms with Crippen molar-refractivity contribution in [1.29, 1.82) is 0 Å². The normalized spacial score (nSPS) is 11.3. The van der Waals surface area contributed by atoms with Crippen LogP contribution in [0.25, 0.3) is 4.96 Å². The van der Waals surface area contributed by atoms with Crippen molar-refractivity contribution in [3.63, 3.8) is 0 Å². The van der Waals surface area contributed by atoms with E-state index in [0.29, 0.717) is 34.2 Å². The number of esters is 1. The highest BCUT2D eigenvalue weighted by atomic mass is 32.1. The van der Waals surface area contributed by atoms with Gasteiger partial charge in [0, 0.05) is 24.6 Å². The summed E-state index contributed by atoms with van der Waals surface area (Å²) >= 11 is 1.36. The molecule has 3 rings (SSSR count). The average Bonchev–Trinajstić information content (AvgIpc) is 3.07.